The number of aromatic amines is 1. The van der Waals surface area contributed by atoms with Crippen LogP contribution < -0.4 is 16.2 Å². The number of para-hydroxylation sites is 2. The molecule has 0 saturated heterocycles. The van der Waals surface area contributed by atoms with Gasteiger partial charge in [0.05, 0.1) is 34.4 Å². The third-order valence-electron chi connectivity index (χ3n) is 5.88. The summed E-state index contributed by atoms with van der Waals surface area (Å²) in [6.45, 7) is 6.52. The van der Waals surface area contributed by atoms with E-state index in [-0.39, 0.29) is 5.56 Å². The highest BCUT2D eigenvalue weighted by molar-refractivity contribution is 7.98. The molecule has 9 nitrogen and oxygen atoms in total. The van der Waals surface area contributed by atoms with E-state index in [9.17, 15) is 4.79 Å². The van der Waals surface area contributed by atoms with E-state index in [1.807, 2.05) is 70.3 Å². The maximum absolute atomic E-state index is 14.0. The second-order valence-electron chi connectivity index (χ2n) is 9.54. The molecule has 0 atom stereocenters. The minimum atomic E-state index is -0.411. The van der Waals surface area contributed by atoms with Crippen molar-refractivity contribution in [3.05, 3.63) is 76.9 Å². The summed E-state index contributed by atoms with van der Waals surface area (Å²) in [7, 11) is 1.99. The van der Waals surface area contributed by atoms with Crippen molar-refractivity contribution in [1.29, 1.82) is 0 Å². The standard InChI is InChI=1S/C26H28N8OS/c1-16-8-7-9-17-21(16)25(35)34(19-11-6-5-10-18(19)33(4)13-26(2,3)27)20(32-17)12-36-24-22-23(29-14-28-22)30-15-31-24/h5-11,14-15H,12-13,27H2,1-4H3,(H,28,29,30,31). The summed E-state index contributed by atoms with van der Waals surface area (Å²) < 4.78 is 1.73. The summed E-state index contributed by atoms with van der Waals surface area (Å²) in [6.07, 6.45) is 3.09. The number of fused-ring (bicyclic) bond motifs is 2. The maximum Gasteiger partial charge on any atom is 0.266 e. The van der Waals surface area contributed by atoms with Crippen molar-refractivity contribution >= 4 is 39.5 Å². The number of rotatable bonds is 7. The summed E-state index contributed by atoms with van der Waals surface area (Å²) in [5.41, 5.74) is 10.4. The Morgan fingerprint density at radius 2 is 1.92 bits per heavy atom. The van der Waals surface area contributed by atoms with Gasteiger partial charge in [-0.25, -0.2) is 19.9 Å². The molecule has 10 heteroatoms. The molecule has 36 heavy (non-hydrogen) atoms. The minimum Gasteiger partial charge on any atom is -0.371 e. The number of benzene rings is 2. The number of hydrogen-bond acceptors (Lipinski definition) is 8. The third-order valence-corrected chi connectivity index (χ3v) is 6.87. The summed E-state index contributed by atoms with van der Waals surface area (Å²) in [6, 6.07) is 13.6. The van der Waals surface area contributed by atoms with Gasteiger partial charge in [0, 0.05) is 19.1 Å². The lowest BCUT2D eigenvalue weighted by atomic mass is 10.1. The number of hydrogen-bond donors (Lipinski definition) is 2. The molecule has 0 aliphatic carbocycles. The fraction of sp³-hybridized carbons (Fsp3) is 0.269. The van der Waals surface area contributed by atoms with E-state index in [2.05, 4.69) is 24.8 Å². The zero-order chi connectivity index (χ0) is 25.4. The van der Waals surface area contributed by atoms with E-state index in [1.165, 1.54) is 18.1 Å². The van der Waals surface area contributed by atoms with E-state index < -0.39 is 5.54 Å². The minimum absolute atomic E-state index is 0.101. The van der Waals surface area contributed by atoms with Gasteiger partial charge in [-0.15, -0.1) is 0 Å². The van der Waals surface area contributed by atoms with E-state index in [0.717, 1.165) is 27.5 Å². The van der Waals surface area contributed by atoms with Crippen LogP contribution in [0.15, 0.2) is 64.9 Å². The maximum atomic E-state index is 14.0. The number of likely N-dealkylation sites (N-methyl/N-ethyl adjacent to an activating group) is 1. The second-order valence-corrected chi connectivity index (χ2v) is 10.5. The van der Waals surface area contributed by atoms with Crippen molar-refractivity contribution in [2.75, 3.05) is 18.5 Å². The van der Waals surface area contributed by atoms with Crippen LogP contribution in [-0.4, -0.2) is 48.6 Å². The van der Waals surface area contributed by atoms with Crippen molar-refractivity contribution < 1.29 is 0 Å². The predicted octanol–water partition coefficient (Wildman–Crippen LogP) is 3.83. The van der Waals surface area contributed by atoms with Crippen LogP contribution >= 0.6 is 11.8 Å². The number of thioether (sulfide) groups is 1. The van der Waals surface area contributed by atoms with Gasteiger partial charge in [0.1, 0.15) is 22.7 Å². The molecule has 184 valence electrons. The van der Waals surface area contributed by atoms with E-state index in [1.54, 1.807) is 10.9 Å². The Kier molecular flexibility index (Phi) is 6.23. The SMILES string of the molecule is Cc1cccc2nc(CSc3ncnc4nc[nH]c34)n(-c3ccccc3N(C)CC(C)(C)N)c(=O)c12. The van der Waals surface area contributed by atoms with Gasteiger partial charge in [0.25, 0.3) is 5.56 Å². The Bertz CT molecular complexity index is 1620. The van der Waals surface area contributed by atoms with Crippen molar-refractivity contribution in [3.63, 3.8) is 0 Å². The van der Waals surface area contributed by atoms with Crippen molar-refractivity contribution in [1.82, 2.24) is 29.5 Å². The zero-order valence-corrected chi connectivity index (χ0v) is 21.5. The second kappa shape index (κ2) is 9.36. The molecule has 0 bridgehead atoms. The van der Waals surface area contributed by atoms with Crippen LogP contribution in [0.2, 0.25) is 0 Å². The number of nitrogens with two attached hydrogens (primary N) is 1. The molecule has 0 spiro atoms. The lowest BCUT2D eigenvalue weighted by molar-refractivity contribution is 0.519. The number of aromatic nitrogens is 6. The first-order chi connectivity index (χ1) is 17.2. The topological polar surface area (TPSA) is 119 Å². The van der Waals surface area contributed by atoms with E-state index >= 15 is 0 Å². The molecular formula is C26H28N8OS. The summed E-state index contributed by atoms with van der Waals surface area (Å²) in [5.74, 6) is 1.05. The Balaban J connectivity index is 1.67. The average molecular weight is 501 g/mol. The third kappa shape index (κ3) is 4.57. The number of nitrogens with zero attached hydrogens (tertiary/aromatic N) is 6. The number of aryl methyl sites for hydroxylation is 1. The van der Waals surface area contributed by atoms with Crippen LogP contribution in [0.5, 0.6) is 0 Å². The first-order valence-electron chi connectivity index (χ1n) is 11.6. The summed E-state index contributed by atoms with van der Waals surface area (Å²) in [4.78, 5) is 37.0. The quantitative estimate of drug-likeness (QED) is 0.256. The van der Waals surface area contributed by atoms with Crippen LogP contribution in [0.1, 0.15) is 25.2 Å². The number of nitrogens with one attached hydrogen (secondary N) is 1. The van der Waals surface area contributed by atoms with Crippen LogP contribution in [-0.2, 0) is 5.75 Å². The molecule has 0 radical (unpaired) electrons. The first kappa shape index (κ1) is 24.0. The number of imidazole rings is 1. The molecule has 0 fully saturated rings. The Hall–Kier alpha value is -3.76. The molecule has 3 heterocycles. The van der Waals surface area contributed by atoms with Gasteiger partial charge in [-0.1, -0.05) is 36.0 Å². The van der Waals surface area contributed by atoms with Gasteiger partial charge in [-0.2, -0.15) is 0 Å². The van der Waals surface area contributed by atoms with Crippen LogP contribution in [0.25, 0.3) is 27.8 Å². The van der Waals surface area contributed by atoms with Gasteiger partial charge in [-0.05, 0) is 44.5 Å². The van der Waals surface area contributed by atoms with Gasteiger partial charge in [0.2, 0.25) is 0 Å². The highest BCUT2D eigenvalue weighted by Crippen LogP contribution is 2.29. The van der Waals surface area contributed by atoms with Crippen LogP contribution in [0.3, 0.4) is 0 Å². The summed E-state index contributed by atoms with van der Waals surface area (Å²) in [5, 5.41) is 1.36. The van der Waals surface area contributed by atoms with E-state index in [4.69, 9.17) is 10.7 Å². The first-order valence-corrected chi connectivity index (χ1v) is 12.6. The molecule has 2 aromatic carbocycles. The monoisotopic (exact) mass is 500 g/mol. The number of anilines is 1. The Labute approximate surface area is 212 Å². The molecular weight excluding hydrogens is 472 g/mol. The fourth-order valence-corrected chi connectivity index (χ4v) is 5.32. The average Bonchev–Trinajstić information content (AvgIpc) is 3.31. The Morgan fingerprint density at radius 1 is 1.11 bits per heavy atom. The molecule has 0 aliphatic rings. The Morgan fingerprint density at radius 3 is 2.72 bits per heavy atom. The van der Waals surface area contributed by atoms with Crippen molar-refractivity contribution in [2.45, 2.75) is 37.1 Å². The highest BCUT2D eigenvalue weighted by atomic mass is 32.2. The largest absolute Gasteiger partial charge is 0.371 e. The lowest BCUT2D eigenvalue weighted by Gasteiger charge is -2.30. The molecule has 0 amide bonds. The molecule has 5 aromatic rings. The molecule has 3 aromatic heterocycles. The normalized spacial score (nSPS) is 11.9. The highest BCUT2D eigenvalue weighted by Gasteiger charge is 2.21. The van der Waals surface area contributed by atoms with Crippen LogP contribution in [0, 0.1) is 6.92 Å². The van der Waals surface area contributed by atoms with Gasteiger partial charge in [-0.3, -0.25) is 9.36 Å². The van der Waals surface area contributed by atoms with Gasteiger partial charge in [0.15, 0.2) is 5.65 Å². The zero-order valence-electron chi connectivity index (χ0n) is 20.7. The van der Waals surface area contributed by atoms with E-state index in [0.29, 0.717) is 34.7 Å². The molecule has 3 N–H and O–H groups in total. The molecule has 0 aliphatic heterocycles. The van der Waals surface area contributed by atoms with Gasteiger partial charge < -0.3 is 15.6 Å². The molecule has 0 saturated carbocycles. The molecule has 0 unspecified atom stereocenters. The van der Waals surface area contributed by atoms with Crippen LogP contribution in [0.4, 0.5) is 5.69 Å². The van der Waals surface area contributed by atoms with Gasteiger partial charge >= 0.3 is 0 Å². The lowest BCUT2D eigenvalue weighted by Crippen LogP contribution is -2.44. The predicted molar refractivity (Wildman–Crippen MR) is 145 cm³/mol. The number of H-pyrrole nitrogens is 1. The van der Waals surface area contributed by atoms with Crippen molar-refractivity contribution in [3.8, 4) is 5.69 Å². The smallest absolute Gasteiger partial charge is 0.266 e. The fourth-order valence-electron chi connectivity index (χ4n) is 4.44. The molecule has 5 rings (SSSR count). The summed E-state index contributed by atoms with van der Waals surface area (Å²) >= 11 is 1.48. The van der Waals surface area contributed by atoms with Crippen molar-refractivity contribution in [2.24, 2.45) is 5.73 Å².